The summed E-state index contributed by atoms with van der Waals surface area (Å²) in [6, 6.07) is 4.15. The molecule has 1 aliphatic rings. The molecular formula is C15H25N3O. The predicted octanol–water partition coefficient (Wildman–Crippen LogP) is 2.15. The van der Waals surface area contributed by atoms with Gasteiger partial charge < -0.3 is 14.8 Å². The van der Waals surface area contributed by atoms with Crippen molar-refractivity contribution in [2.45, 2.75) is 45.2 Å². The summed E-state index contributed by atoms with van der Waals surface area (Å²) in [5.74, 6) is 0. The van der Waals surface area contributed by atoms with Crippen LogP contribution in [0.3, 0.4) is 0 Å². The van der Waals surface area contributed by atoms with E-state index >= 15 is 0 Å². The van der Waals surface area contributed by atoms with E-state index in [1.807, 2.05) is 12.3 Å². The van der Waals surface area contributed by atoms with Crippen LogP contribution < -0.4 is 10.9 Å². The monoisotopic (exact) mass is 263 g/mol. The van der Waals surface area contributed by atoms with E-state index in [4.69, 9.17) is 0 Å². The predicted molar refractivity (Wildman–Crippen MR) is 79.8 cm³/mol. The Morgan fingerprint density at radius 3 is 2.95 bits per heavy atom. The van der Waals surface area contributed by atoms with Gasteiger partial charge in [0.2, 0.25) is 0 Å². The van der Waals surface area contributed by atoms with E-state index in [0.717, 1.165) is 25.2 Å². The zero-order valence-electron chi connectivity index (χ0n) is 12.1. The van der Waals surface area contributed by atoms with Crippen molar-refractivity contribution in [1.29, 1.82) is 0 Å². The first-order chi connectivity index (χ1) is 9.20. The van der Waals surface area contributed by atoms with Crippen molar-refractivity contribution < 1.29 is 0 Å². The molecule has 4 nitrogen and oxygen atoms in total. The Labute approximate surface area is 115 Å². The van der Waals surface area contributed by atoms with Crippen molar-refractivity contribution in [2.24, 2.45) is 0 Å². The fraction of sp³-hybridized carbons (Fsp3) is 0.667. The fourth-order valence-electron chi connectivity index (χ4n) is 2.69. The lowest BCUT2D eigenvalue weighted by atomic mass is 10.0. The number of aryl methyl sites for hydroxylation is 1. The molecule has 106 valence electrons. The molecule has 0 aliphatic carbocycles. The van der Waals surface area contributed by atoms with Crippen LogP contribution in [0.2, 0.25) is 0 Å². The summed E-state index contributed by atoms with van der Waals surface area (Å²) in [6.45, 7) is 5.03. The van der Waals surface area contributed by atoms with Crippen LogP contribution in [0.5, 0.6) is 0 Å². The van der Waals surface area contributed by atoms with Crippen LogP contribution in [-0.2, 0) is 6.54 Å². The zero-order chi connectivity index (χ0) is 13.7. The van der Waals surface area contributed by atoms with Crippen LogP contribution in [0.4, 0.5) is 5.69 Å². The third kappa shape index (κ3) is 3.83. The lowest BCUT2D eigenvalue weighted by Gasteiger charge is -2.32. The Kier molecular flexibility index (Phi) is 5.02. The van der Waals surface area contributed by atoms with Gasteiger partial charge in [-0.1, -0.05) is 13.3 Å². The molecule has 0 radical (unpaired) electrons. The molecule has 0 spiro atoms. The normalized spacial score (nSPS) is 20.4. The van der Waals surface area contributed by atoms with Gasteiger partial charge in [0, 0.05) is 31.4 Å². The summed E-state index contributed by atoms with van der Waals surface area (Å²) < 4.78 is 1.78. The second kappa shape index (κ2) is 6.75. The third-order valence-corrected chi connectivity index (χ3v) is 3.91. The van der Waals surface area contributed by atoms with Crippen molar-refractivity contribution in [1.82, 2.24) is 9.47 Å². The highest BCUT2D eigenvalue weighted by Crippen LogP contribution is 2.15. The van der Waals surface area contributed by atoms with Crippen LogP contribution in [0, 0.1) is 0 Å². The highest BCUT2D eigenvalue weighted by molar-refractivity contribution is 5.40. The Morgan fingerprint density at radius 2 is 2.21 bits per heavy atom. The summed E-state index contributed by atoms with van der Waals surface area (Å²) in [7, 11) is 2.20. The van der Waals surface area contributed by atoms with Crippen molar-refractivity contribution in [3.63, 3.8) is 0 Å². The number of nitrogens with zero attached hydrogens (tertiary/aromatic N) is 2. The zero-order valence-corrected chi connectivity index (χ0v) is 12.1. The molecule has 19 heavy (non-hydrogen) atoms. The number of rotatable bonds is 5. The molecule has 2 rings (SSSR count). The smallest absolute Gasteiger partial charge is 0.250 e. The minimum atomic E-state index is 0.0854. The number of aromatic nitrogens is 1. The van der Waals surface area contributed by atoms with Gasteiger partial charge >= 0.3 is 0 Å². The van der Waals surface area contributed by atoms with Crippen LogP contribution in [0.25, 0.3) is 0 Å². The van der Waals surface area contributed by atoms with Gasteiger partial charge in [0.15, 0.2) is 0 Å². The molecule has 0 amide bonds. The van der Waals surface area contributed by atoms with Crippen molar-refractivity contribution >= 4 is 5.69 Å². The van der Waals surface area contributed by atoms with Gasteiger partial charge in [-0.25, -0.2) is 0 Å². The van der Waals surface area contributed by atoms with Crippen LogP contribution in [-0.4, -0.2) is 35.6 Å². The SMILES string of the molecule is CCCn1cc(NCC2CCCCN2C)ccc1=O. The van der Waals surface area contributed by atoms with Gasteiger partial charge in [0.05, 0.1) is 5.69 Å². The van der Waals surface area contributed by atoms with E-state index in [1.54, 1.807) is 10.6 Å². The van der Waals surface area contributed by atoms with E-state index in [0.29, 0.717) is 6.04 Å². The molecule has 1 aromatic rings. The summed E-state index contributed by atoms with van der Waals surface area (Å²) in [5.41, 5.74) is 1.13. The second-order valence-corrected chi connectivity index (χ2v) is 5.46. The van der Waals surface area contributed by atoms with Gasteiger partial charge in [0.25, 0.3) is 5.56 Å². The van der Waals surface area contributed by atoms with Gasteiger partial charge in [-0.3, -0.25) is 4.79 Å². The fourth-order valence-corrected chi connectivity index (χ4v) is 2.69. The second-order valence-electron chi connectivity index (χ2n) is 5.46. The quantitative estimate of drug-likeness (QED) is 0.884. The number of hydrogen-bond acceptors (Lipinski definition) is 3. The van der Waals surface area contributed by atoms with E-state index in [1.165, 1.54) is 25.8 Å². The first-order valence-corrected chi connectivity index (χ1v) is 7.35. The molecule has 1 fully saturated rings. The molecule has 2 heterocycles. The number of likely N-dealkylation sites (N-methyl/N-ethyl adjacent to an activating group) is 1. The number of likely N-dealkylation sites (tertiary alicyclic amines) is 1. The van der Waals surface area contributed by atoms with Crippen LogP contribution >= 0.6 is 0 Å². The largest absolute Gasteiger partial charge is 0.382 e. The maximum atomic E-state index is 11.6. The average Bonchev–Trinajstić information content (AvgIpc) is 2.41. The summed E-state index contributed by atoms with van der Waals surface area (Å²) in [4.78, 5) is 14.1. The molecule has 1 atom stereocenters. The number of nitrogens with one attached hydrogen (secondary N) is 1. The lowest BCUT2D eigenvalue weighted by molar-refractivity contribution is 0.194. The van der Waals surface area contributed by atoms with Crippen LogP contribution in [0.1, 0.15) is 32.6 Å². The standard InChI is InChI=1S/C15H25N3O/c1-3-9-18-12-13(7-8-15(18)19)16-11-14-6-4-5-10-17(14)2/h7-8,12,14,16H,3-6,9-11H2,1-2H3. The number of hydrogen-bond donors (Lipinski definition) is 1. The highest BCUT2D eigenvalue weighted by Gasteiger charge is 2.18. The van der Waals surface area contributed by atoms with Crippen molar-refractivity contribution in [3.05, 3.63) is 28.7 Å². The summed E-state index contributed by atoms with van der Waals surface area (Å²) in [5, 5.41) is 3.47. The first kappa shape index (κ1) is 14.1. The van der Waals surface area contributed by atoms with Crippen molar-refractivity contribution in [2.75, 3.05) is 25.5 Å². The molecule has 0 bridgehead atoms. The molecule has 1 unspecified atom stereocenters. The topological polar surface area (TPSA) is 37.3 Å². The Morgan fingerprint density at radius 1 is 1.37 bits per heavy atom. The Hall–Kier alpha value is -1.29. The lowest BCUT2D eigenvalue weighted by Crippen LogP contribution is -2.40. The first-order valence-electron chi connectivity index (χ1n) is 7.35. The van der Waals surface area contributed by atoms with Gasteiger partial charge in [-0.05, 0) is 38.9 Å². The van der Waals surface area contributed by atoms with Gasteiger partial charge in [-0.2, -0.15) is 0 Å². The Balaban J connectivity index is 1.95. The number of anilines is 1. The van der Waals surface area contributed by atoms with Gasteiger partial charge in [0.1, 0.15) is 0 Å². The molecule has 1 saturated heterocycles. The average molecular weight is 263 g/mol. The molecule has 0 saturated carbocycles. The molecule has 1 N–H and O–H groups in total. The molecule has 1 aliphatic heterocycles. The van der Waals surface area contributed by atoms with E-state index in [2.05, 4.69) is 24.2 Å². The molecule has 0 aromatic carbocycles. The maximum absolute atomic E-state index is 11.6. The Bertz CT molecular complexity index is 455. The summed E-state index contributed by atoms with van der Waals surface area (Å²) in [6.07, 6.45) is 6.82. The van der Waals surface area contributed by atoms with Crippen LogP contribution in [0.15, 0.2) is 23.1 Å². The van der Waals surface area contributed by atoms with Crippen molar-refractivity contribution in [3.8, 4) is 0 Å². The third-order valence-electron chi connectivity index (χ3n) is 3.91. The number of piperidine rings is 1. The molecular weight excluding hydrogens is 238 g/mol. The molecule has 4 heteroatoms. The van der Waals surface area contributed by atoms with E-state index < -0.39 is 0 Å². The maximum Gasteiger partial charge on any atom is 0.250 e. The summed E-state index contributed by atoms with van der Waals surface area (Å²) >= 11 is 0. The van der Waals surface area contributed by atoms with E-state index in [9.17, 15) is 4.79 Å². The van der Waals surface area contributed by atoms with E-state index in [-0.39, 0.29) is 5.56 Å². The number of pyridine rings is 1. The van der Waals surface area contributed by atoms with Gasteiger partial charge in [-0.15, -0.1) is 0 Å². The minimum Gasteiger partial charge on any atom is -0.382 e. The minimum absolute atomic E-state index is 0.0854. The molecule has 1 aromatic heterocycles. The highest BCUT2D eigenvalue weighted by atomic mass is 16.1.